The van der Waals surface area contributed by atoms with Crippen molar-refractivity contribution in [2.75, 3.05) is 53.6 Å². The zero-order chi connectivity index (χ0) is 38.7. The minimum absolute atomic E-state index is 0.0486. The number of halogens is 9. The Balaban J connectivity index is 0.000000281. The highest BCUT2D eigenvalue weighted by Crippen LogP contribution is 2.41. The fourth-order valence-corrected chi connectivity index (χ4v) is 7.44. The molecule has 2 aliphatic heterocycles. The summed E-state index contributed by atoms with van der Waals surface area (Å²) in [5, 5.41) is 2.86. The van der Waals surface area contributed by atoms with E-state index >= 15 is 0 Å². The Bertz CT molecular complexity index is 1690. The minimum atomic E-state index is -4.64. The van der Waals surface area contributed by atoms with Gasteiger partial charge in [0.05, 0.1) is 40.4 Å². The summed E-state index contributed by atoms with van der Waals surface area (Å²) >= 11 is 0.947. The number of piperidine rings is 2. The van der Waals surface area contributed by atoms with Crippen LogP contribution in [0.5, 0.6) is 5.75 Å². The molecule has 0 bridgehead atoms. The van der Waals surface area contributed by atoms with E-state index in [1.807, 2.05) is 11.9 Å². The van der Waals surface area contributed by atoms with E-state index in [1.165, 1.54) is 30.5 Å². The van der Waals surface area contributed by atoms with Crippen LogP contribution in [-0.4, -0.2) is 69.3 Å². The van der Waals surface area contributed by atoms with E-state index in [0.717, 1.165) is 68.6 Å². The van der Waals surface area contributed by atoms with Crippen LogP contribution in [0, 0.1) is 0 Å². The van der Waals surface area contributed by atoms with E-state index in [2.05, 4.69) is 10.2 Å². The number of methoxy groups -OCH3 is 1. The molecule has 0 spiro atoms. The average Bonchev–Trinajstić information content (AvgIpc) is 3.06. The predicted octanol–water partition coefficient (Wildman–Crippen LogP) is 8.39. The Morgan fingerprint density at radius 1 is 0.769 bits per heavy atom. The van der Waals surface area contributed by atoms with Crippen molar-refractivity contribution in [3.63, 3.8) is 0 Å². The number of thioether (sulfide) groups is 1. The first-order valence-electron chi connectivity index (χ1n) is 16.3. The second-order valence-corrected chi connectivity index (χ2v) is 14.1. The Morgan fingerprint density at radius 3 is 1.79 bits per heavy atom. The third kappa shape index (κ3) is 9.74. The number of hydrogen-bond donors (Lipinski definition) is 2. The summed E-state index contributed by atoms with van der Waals surface area (Å²) in [7, 11) is 4.89. The number of nitrogens with one attached hydrogen (secondary N) is 1. The number of likely N-dealkylation sites (tertiary alicyclic amines) is 2. The van der Waals surface area contributed by atoms with E-state index in [9.17, 15) is 44.3 Å². The van der Waals surface area contributed by atoms with Crippen LogP contribution >= 0.6 is 11.8 Å². The number of carbonyl (C=O) groups is 1. The molecule has 2 saturated heterocycles. The lowest BCUT2D eigenvalue weighted by Gasteiger charge is -2.43. The molecular formula is C36H41F9N4O2S. The Kier molecular flexibility index (Phi) is 12.6. The van der Waals surface area contributed by atoms with Gasteiger partial charge in [-0.25, -0.2) is 0 Å². The molecule has 52 heavy (non-hydrogen) atoms. The van der Waals surface area contributed by atoms with Crippen LogP contribution in [0.3, 0.4) is 0 Å². The third-order valence-electron chi connectivity index (χ3n) is 9.32. The number of likely N-dealkylation sites (N-methyl/N-ethyl adjacent to an activating group) is 2. The molecule has 3 N–H and O–H groups in total. The summed E-state index contributed by atoms with van der Waals surface area (Å²) < 4.78 is 123. The van der Waals surface area contributed by atoms with Crippen LogP contribution in [0.25, 0.3) is 0 Å². The molecule has 2 atom stereocenters. The second-order valence-electron chi connectivity index (χ2n) is 13.3. The maximum atomic E-state index is 13.5. The first-order valence-corrected chi connectivity index (χ1v) is 17.5. The van der Waals surface area contributed by atoms with Crippen molar-refractivity contribution in [2.24, 2.45) is 5.73 Å². The third-order valence-corrected chi connectivity index (χ3v) is 10.1. The normalized spacial score (nSPS) is 22.0. The quantitative estimate of drug-likeness (QED) is 0.194. The van der Waals surface area contributed by atoms with Crippen molar-refractivity contribution >= 4 is 17.7 Å². The highest BCUT2D eigenvalue weighted by Gasteiger charge is 2.42. The number of carbonyl (C=O) groups excluding carboxylic acids is 1. The number of amides is 1. The van der Waals surface area contributed by atoms with E-state index in [-0.39, 0.29) is 28.3 Å². The lowest BCUT2D eigenvalue weighted by molar-refractivity contribution is -0.138. The lowest BCUT2D eigenvalue weighted by atomic mass is 9.81. The average molecular weight is 765 g/mol. The molecule has 0 aliphatic carbocycles. The zero-order valence-electron chi connectivity index (χ0n) is 29.0. The van der Waals surface area contributed by atoms with Crippen molar-refractivity contribution in [1.82, 2.24) is 15.1 Å². The molecule has 5 rings (SSSR count). The summed E-state index contributed by atoms with van der Waals surface area (Å²) in [4.78, 5) is 17.5. The number of nitrogens with zero attached hydrogens (tertiary/aromatic N) is 2. The highest BCUT2D eigenvalue weighted by molar-refractivity contribution is 7.98. The molecule has 1 amide bonds. The number of hydrogen-bond acceptors (Lipinski definition) is 6. The number of alkyl halides is 9. The standard InChI is InChI=1S/C23H24F6N2O2S.C13H17F3N2/c1-31-9-5-8-21(13-31,14-6-4-7-15(10-14)22(24,25)26)30-20(32)19-17(33-2)11-16(23(27,28)29)12-18(19)34-3;1-18-7-3-6-12(17,9-18)10-4-2-5-11(8-10)13(14,15)16/h4,6-7,10-12H,5,8-9,13H2,1-3H3,(H,30,32);2,4-5,8H,3,6-7,9,17H2,1H3. The smallest absolute Gasteiger partial charge is 0.416 e. The number of rotatable bonds is 6. The summed E-state index contributed by atoms with van der Waals surface area (Å²) in [5.41, 5.74) is 2.75. The number of ether oxygens (including phenoxy) is 1. The largest absolute Gasteiger partial charge is 0.496 e. The fraction of sp³-hybridized carbons (Fsp3) is 0.472. The Morgan fingerprint density at radius 2 is 1.29 bits per heavy atom. The number of nitrogens with two attached hydrogens (primary N) is 1. The first-order chi connectivity index (χ1) is 24.1. The molecule has 3 aromatic carbocycles. The molecule has 2 heterocycles. The molecule has 286 valence electrons. The van der Waals surface area contributed by atoms with Gasteiger partial charge in [0.15, 0.2) is 0 Å². The van der Waals surface area contributed by atoms with Crippen LogP contribution in [0.4, 0.5) is 39.5 Å². The molecule has 16 heteroatoms. The SMILES string of the molecule is CN1CCCC(N)(c2cccc(C(F)(F)F)c2)C1.COc1cc(C(F)(F)F)cc(SC)c1C(=O)NC1(c2cccc(C(F)(F)F)c2)CCCN(C)C1. The van der Waals surface area contributed by atoms with Gasteiger partial charge in [-0.05, 0) is 107 Å². The maximum absolute atomic E-state index is 13.5. The van der Waals surface area contributed by atoms with Gasteiger partial charge in [0.25, 0.3) is 5.91 Å². The second kappa shape index (κ2) is 15.9. The first kappa shape index (κ1) is 41.3. The monoisotopic (exact) mass is 764 g/mol. The predicted molar refractivity (Wildman–Crippen MR) is 181 cm³/mol. The van der Waals surface area contributed by atoms with Gasteiger partial charge < -0.3 is 25.6 Å². The summed E-state index contributed by atoms with van der Waals surface area (Å²) in [5.74, 6) is -0.984. The van der Waals surface area contributed by atoms with E-state index in [4.69, 9.17) is 10.5 Å². The van der Waals surface area contributed by atoms with Gasteiger partial charge in [0, 0.05) is 18.0 Å². The van der Waals surface area contributed by atoms with E-state index < -0.39 is 52.2 Å². The van der Waals surface area contributed by atoms with Crippen molar-refractivity contribution in [3.8, 4) is 5.75 Å². The molecule has 2 fully saturated rings. The van der Waals surface area contributed by atoms with Gasteiger partial charge in [-0.3, -0.25) is 4.79 Å². The highest BCUT2D eigenvalue weighted by atomic mass is 32.2. The topological polar surface area (TPSA) is 70.8 Å². The molecule has 0 saturated carbocycles. The Hall–Kier alpha value is -3.47. The van der Waals surface area contributed by atoms with Crippen LogP contribution in [0.1, 0.15) is 63.9 Å². The minimum Gasteiger partial charge on any atom is -0.496 e. The van der Waals surface area contributed by atoms with Gasteiger partial charge in [-0.1, -0.05) is 24.3 Å². The summed E-state index contributed by atoms with van der Waals surface area (Å²) in [6.45, 7) is 2.46. The van der Waals surface area contributed by atoms with Crippen LogP contribution in [-0.2, 0) is 29.6 Å². The van der Waals surface area contributed by atoms with Gasteiger partial charge in [0.1, 0.15) is 5.75 Å². The van der Waals surface area contributed by atoms with Crippen LogP contribution in [0.15, 0.2) is 65.6 Å². The molecular weight excluding hydrogens is 723 g/mol. The van der Waals surface area contributed by atoms with Crippen LogP contribution in [0.2, 0.25) is 0 Å². The fourth-order valence-electron chi connectivity index (χ4n) is 6.80. The lowest BCUT2D eigenvalue weighted by Crippen LogP contribution is -2.55. The zero-order valence-corrected chi connectivity index (χ0v) is 29.8. The molecule has 0 aromatic heterocycles. The van der Waals surface area contributed by atoms with E-state index in [1.54, 1.807) is 13.1 Å². The maximum Gasteiger partial charge on any atom is 0.416 e. The van der Waals surface area contributed by atoms with Gasteiger partial charge >= 0.3 is 18.5 Å². The molecule has 2 unspecified atom stereocenters. The van der Waals surface area contributed by atoms with Gasteiger partial charge in [0.2, 0.25) is 0 Å². The number of benzene rings is 3. The van der Waals surface area contributed by atoms with E-state index in [0.29, 0.717) is 31.5 Å². The van der Waals surface area contributed by atoms with Crippen molar-refractivity contribution in [2.45, 2.75) is 60.2 Å². The molecule has 6 nitrogen and oxygen atoms in total. The van der Waals surface area contributed by atoms with Gasteiger partial charge in [-0.15, -0.1) is 11.8 Å². The molecule has 3 aromatic rings. The van der Waals surface area contributed by atoms with Crippen molar-refractivity contribution in [3.05, 3.63) is 94.0 Å². The van der Waals surface area contributed by atoms with Crippen molar-refractivity contribution in [1.29, 1.82) is 0 Å². The summed E-state index contributed by atoms with van der Waals surface area (Å²) in [6.07, 6.45) is -9.39. The Labute approximate surface area is 300 Å². The molecule has 0 radical (unpaired) electrons. The molecule has 2 aliphatic rings. The summed E-state index contributed by atoms with van der Waals surface area (Å²) in [6, 6.07) is 11.8. The van der Waals surface area contributed by atoms with Gasteiger partial charge in [-0.2, -0.15) is 39.5 Å². The van der Waals surface area contributed by atoms with Crippen LogP contribution < -0.4 is 15.8 Å². The van der Waals surface area contributed by atoms with Crippen molar-refractivity contribution < 1.29 is 49.0 Å².